The zero-order chi connectivity index (χ0) is 83.8. The predicted molar refractivity (Wildman–Crippen MR) is 524 cm³/mol. The van der Waals surface area contributed by atoms with Crippen molar-refractivity contribution in [2.24, 2.45) is 0 Å². The van der Waals surface area contributed by atoms with E-state index in [1.165, 1.54) is 57.9 Å². The molecule has 128 heavy (non-hydrogen) atoms. The molecular formula is C114H66N10O3S. The van der Waals surface area contributed by atoms with E-state index in [1.54, 1.807) is 0 Å². The van der Waals surface area contributed by atoms with Gasteiger partial charge < -0.3 is 31.5 Å². The van der Waals surface area contributed by atoms with Gasteiger partial charge in [0.2, 0.25) is 0 Å². The van der Waals surface area contributed by atoms with Gasteiger partial charge in [-0.3, -0.25) is 0 Å². The van der Waals surface area contributed by atoms with Crippen molar-refractivity contribution in [2.75, 3.05) is 0 Å². The van der Waals surface area contributed by atoms with Gasteiger partial charge in [0.05, 0.1) is 44.1 Å². The summed E-state index contributed by atoms with van der Waals surface area (Å²) in [5, 5.41) is 18.3. The molecule has 0 N–H and O–H groups in total. The Labute approximate surface area is 732 Å². The Balaban J connectivity index is 0.000000132. The first-order chi connectivity index (χ1) is 63.4. The minimum Gasteiger partial charge on any atom is -0.456 e. The molecule has 18 aromatic carbocycles. The van der Waals surface area contributed by atoms with Crippen molar-refractivity contribution in [1.29, 1.82) is 0 Å². The molecule has 14 heteroatoms. The van der Waals surface area contributed by atoms with Gasteiger partial charge in [0.25, 0.3) is 0 Å². The van der Waals surface area contributed by atoms with Gasteiger partial charge in [-0.1, -0.05) is 231 Å². The standard InChI is InChI=1S/C57H33N5O2.C57H33N5OS/c1-3-13-34(14-4-1)55-58-56(35-15-5-2-6-16-35)60-57(59-55)36-23-27-52-44(29-36)45-31-38(25-28-53(45)63-52)61-47-20-10-7-17-39(47)42-30-37(24-26-49(42)61)62-48-21-11-8-18-40(48)43-33-54-46(32-50(43)62)41-19-9-12-22-51(41)64-54;1-3-13-34(14-4-1)55-58-56(35-15-5-2-6-16-35)60-57(59-55)36-23-27-53-45(29-36)46-31-38(25-28-54(46)64-53)61-47-20-10-7-17-39(47)42-30-37(24-26-49(42)61)62-48-21-11-8-18-40(48)43-33-52-44(32-50(43)62)41-19-9-12-22-51(41)63-52/h2*1-33H. The number of fused-ring (bicyclic) bond motifs is 24. The molecule has 0 atom stereocenters. The highest BCUT2D eigenvalue weighted by molar-refractivity contribution is 7.25. The fourth-order valence-corrected chi connectivity index (χ4v) is 20.7. The van der Waals surface area contributed by atoms with Gasteiger partial charge >= 0.3 is 0 Å². The number of thiophene rings is 1. The van der Waals surface area contributed by atoms with E-state index < -0.39 is 0 Å². The van der Waals surface area contributed by atoms with Crippen LogP contribution in [0.3, 0.4) is 0 Å². The topological polar surface area (TPSA) is 136 Å². The molecule has 0 fully saturated rings. The second-order valence-corrected chi connectivity index (χ2v) is 33.9. The molecule has 596 valence electrons. The van der Waals surface area contributed by atoms with E-state index in [0.717, 1.165) is 171 Å². The molecule has 0 aliphatic rings. The zero-order valence-electron chi connectivity index (χ0n) is 68.2. The van der Waals surface area contributed by atoms with Crippen LogP contribution in [0, 0.1) is 0 Å². The number of benzene rings is 18. The third-order valence-electron chi connectivity index (χ3n) is 25.5. The van der Waals surface area contributed by atoms with Crippen molar-refractivity contribution in [2.45, 2.75) is 0 Å². The quantitative estimate of drug-likeness (QED) is 0.131. The summed E-state index contributed by atoms with van der Waals surface area (Å²) >= 11 is 1.81. The first kappa shape index (κ1) is 71.4. The van der Waals surface area contributed by atoms with Gasteiger partial charge in [0.1, 0.15) is 33.5 Å². The first-order valence-corrected chi connectivity index (χ1v) is 43.7. The van der Waals surface area contributed by atoms with Gasteiger partial charge in [0, 0.05) is 152 Å². The molecule has 0 radical (unpaired) electrons. The van der Waals surface area contributed by atoms with E-state index in [4.69, 9.17) is 43.2 Å². The molecule has 0 amide bonds. The number of para-hydroxylation sites is 6. The summed E-state index contributed by atoms with van der Waals surface area (Å²) in [7, 11) is 0. The van der Waals surface area contributed by atoms with E-state index in [0.29, 0.717) is 34.9 Å². The highest BCUT2D eigenvalue weighted by atomic mass is 32.1. The number of rotatable bonds is 10. The van der Waals surface area contributed by atoms with Gasteiger partial charge in [-0.25, -0.2) is 29.9 Å². The Kier molecular flexibility index (Phi) is 15.7. The SMILES string of the molecule is c1ccc(-c2nc(-c3ccccc3)nc(-c3ccc4oc5ccc(-n6c7ccccc7c7cc(-n8c9ccccc9c9cc%10oc%11ccccc%11c%10cc98)ccc76)cc5c4c3)n2)cc1.c1ccc(-c2nc(-c3ccccc3)nc(-c3ccc4sc5ccc(-n6c7ccccc7c7cc(-n8c9ccccc9c9cc%10oc%11ccccc%11c%10cc98)ccc76)cc5c4c3)n2)cc1. The van der Waals surface area contributed by atoms with Gasteiger partial charge in [0.15, 0.2) is 34.9 Å². The second-order valence-electron chi connectivity index (χ2n) is 32.8. The maximum absolute atomic E-state index is 6.48. The van der Waals surface area contributed by atoms with Crippen molar-refractivity contribution in [3.8, 4) is 91.1 Å². The molecule has 28 rings (SSSR count). The fourth-order valence-electron chi connectivity index (χ4n) is 19.6. The number of nitrogens with zero attached hydrogens (tertiary/aromatic N) is 10. The molecule has 10 aromatic heterocycles. The predicted octanol–water partition coefficient (Wildman–Crippen LogP) is 30.2. The van der Waals surface area contributed by atoms with Crippen LogP contribution in [-0.2, 0) is 0 Å². The maximum atomic E-state index is 6.48. The molecular weight excluding hydrogens is 1590 g/mol. The Morgan fingerprint density at radius 2 is 0.414 bits per heavy atom. The van der Waals surface area contributed by atoms with Crippen molar-refractivity contribution in [1.82, 2.24) is 48.2 Å². The number of hydrogen-bond donors (Lipinski definition) is 0. The van der Waals surface area contributed by atoms with Crippen LogP contribution in [0.4, 0.5) is 0 Å². The van der Waals surface area contributed by atoms with Gasteiger partial charge in [-0.15, -0.1) is 11.3 Å². The van der Waals surface area contributed by atoms with Crippen LogP contribution < -0.4 is 0 Å². The monoisotopic (exact) mass is 1650 g/mol. The molecule has 0 saturated carbocycles. The lowest BCUT2D eigenvalue weighted by molar-refractivity contribution is 0.668. The molecule has 13 nitrogen and oxygen atoms in total. The average Bonchev–Trinajstić information content (AvgIpc) is 1.58. The molecule has 0 bridgehead atoms. The van der Waals surface area contributed by atoms with Crippen LogP contribution in [0.2, 0.25) is 0 Å². The Morgan fingerprint density at radius 1 is 0.156 bits per heavy atom. The van der Waals surface area contributed by atoms with Crippen LogP contribution in [0.5, 0.6) is 0 Å². The van der Waals surface area contributed by atoms with Crippen LogP contribution >= 0.6 is 11.3 Å². The normalized spacial score (nSPS) is 12.1. The van der Waals surface area contributed by atoms with Gasteiger partial charge in [-0.05, 0) is 170 Å². The fraction of sp³-hybridized carbons (Fsp3) is 0. The number of hydrogen-bond acceptors (Lipinski definition) is 10. The third kappa shape index (κ3) is 11.3. The lowest BCUT2D eigenvalue weighted by Crippen LogP contribution is -2.00. The summed E-state index contributed by atoms with van der Waals surface area (Å²) in [6.45, 7) is 0. The summed E-state index contributed by atoms with van der Waals surface area (Å²) in [6, 6.07) is 141. The van der Waals surface area contributed by atoms with E-state index in [-0.39, 0.29) is 0 Å². The maximum Gasteiger partial charge on any atom is 0.164 e. The summed E-state index contributed by atoms with van der Waals surface area (Å²) in [6.07, 6.45) is 0. The minimum atomic E-state index is 0.601. The largest absolute Gasteiger partial charge is 0.456 e. The summed E-state index contributed by atoms with van der Waals surface area (Å²) in [5.41, 5.74) is 24.4. The van der Waals surface area contributed by atoms with E-state index in [2.05, 4.69) is 261 Å². The van der Waals surface area contributed by atoms with E-state index >= 15 is 0 Å². The molecule has 28 aromatic rings. The zero-order valence-corrected chi connectivity index (χ0v) is 69.0. The number of aromatic nitrogens is 10. The minimum absolute atomic E-state index is 0.601. The lowest BCUT2D eigenvalue weighted by atomic mass is 10.1. The highest BCUT2D eigenvalue weighted by Crippen LogP contribution is 2.47. The molecule has 0 saturated heterocycles. The smallest absolute Gasteiger partial charge is 0.164 e. The van der Waals surface area contributed by atoms with Crippen LogP contribution in [0.15, 0.2) is 414 Å². The highest BCUT2D eigenvalue weighted by Gasteiger charge is 2.25. The summed E-state index contributed by atoms with van der Waals surface area (Å²) in [5.74, 6) is 3.80. The summed E-state index contributed by atoms with van der Waals surface area (Å²) < 4.78 is 31.3. The lowest BCUT2D eigenvalue weighted by Gasteiger charge is -2.11. The van der Waals surface area contributed by atoms with Crippen LogP contribution in [0.1, 0.15) is 0 Å². The average molecular weight is 1660 g/mol. The molecule has 0 aliphatic carbocycles. The Morgan fingerprint density at radius 3 is 0.836 bits per heavy atom. The van der Waals surface area contributed by atoms with E-state index in [1.807, 2.05) is 169 Å². The van der Waals surface area contributed by atoms with Crippen LogP contribution in [0.25, 0.3) is 264 Å². The van der Waals surface area contributed by atoms with E-state index in [9.17, 15) is 0 Å². The van der Waals surface area contributed by atoms with Crippen molar-refractivity contribution < 1.29 is 13.3 Å². The Bertz CT molecular complexity index is 8830. The molecule has 0 aliphatic heterocycles. The number of furan rings is 3. The first-order valence-electron chi connectivity index (χ1n) is 42.8. The molecule has 10 heterocycles. The molecule has 0 spiro atoms. The second kappa shape index (κ2) is 28.2. The van der Waals surface area contributed by atoms with Crippen LogP contribution in [-0.4, -0.2) is 48.2 Å². The Hall–Kier alpha value is -17.2. The van der Waals surface area contributed by atoms with Crippen molar-refractivity contribution in [3.63, 3.8) is 0 Å². The third-order valence-corrected chi connectivity index (χ3v) is 26.7. The molecule has 0 unspecified atom stereocenters. The summed E-state index contributed by atoms with van der Waals surface area (Å²) in [4.78, 5) is 30.0. The van der Waals surface area contributed by atoms with Gasteiger partial charge in [-0.2, -0.15) is 0 Å². The van der Waals surface area contributed by atoms with Crippen molar-refractivity contribution >= 4 is 185 Å². The van der Waals surface area contributed by atoms with Crippen molar-refractivity contribution in [3.05, 3.63) is 400 Å².